The maximum absolute atomic E-state index is 3.78. The van der Waals surface area contributed by atoms with Gasteiger partial charge in [0.05, 0.1) is 0 Å². The summed E-state index contributed by atoms with van der Waals surface area (Å²) in [5.41, 5.74) is 9.31. The summed E-state index contributed by atoms with van der Waals surface area (Å²) in [6.07, 6.45) is 9.28. The molecule has 2 aliphatic rings. The van der Waals surface area contributed by atoms with Crippen molar-refractivity contribution in [1.82, 2.24) is 5.32 Å². The van der Waals surface area contributed by atoms with Crippen LogP contribution in [0.15, 0.2) is 115 Å². The maximum atomic E-state index is 3.78. The number of halogens is 1. The summed E-state index contributed by atoms with van der Waals surface area (Å²) < 4.78 is 4.13. The molecule has 40 heavy (non-hydrogen) atoms. The fraction of sp³-hybridized carbons (Fsp3) is 0.306. The molecule has 2 heterocycles. The zero-order valence-electron chi connectivity index (χ0n) is 24.7. The van der Waals surface area contributed by atoms with Crippen molar-refractivity contribution < 1.29 is 0 Å². The van der Waals surface area contributed by atoms with E-state index in [1.807, 2.05) is 0 Å². The third kappa shape index (κ3) is 5.43. The van der Waals surface area contributed by atoms with Crippen molar-refractivity contribution in [3.8, 4) is 0 Å². The van der Waals surface area contributed by atoms with Gasteiger partial charge in [-0.3, -0.25) is 0 Å². The summed E-state index contributed by atoms with van der Waals surface area (Å²) in [4.78, 5) is 2.46. The van der Waals surface area contributed by atoms with Crippen molar-refractivity contribution in [2.24, 2.45) is 0 Å². The third-order valence-electron chi connectivity index (χ3n) is 8.17. The van der Waals surface area contributed by atoms with Gasteiger partial charge in [0, 0.05) is 77.7 Å². The molecule has 2 aliphatic heterocycles. The van der Waals surface area contributed by atoms with Gasteiger partial charge in [0.25, 0.3) is 0 Å². The minimum Gasteiger partial charge on any atom is -0.381 e. The fourth-order valence-corrected chi connectivity index (χ4v) is 8.87. The normalized spacial score (nSPS) is 18.8. The fourth-order valence-electron chi connectivity index (χ4n) is 5.86. The first-order valence-corrected chi connectivity index (χ1v) is 16.5. The molecular formula is C36H42IN3. The van der Waals surface area contributed by atoms with Crippen molar-refractivity contribution in [3.05, 3.63) is 131 Å². The zero-order valence-corrected chi connectivity index (χ0v) is 26.9. The minimum atomic E-state index is -0.303. The van der Waals surface area contributed by atoms with E-state index >= 15 is 0 Å². The van der Waals surface area contributed by atoms with Crippen LogP contribution in [0.2, 0.25) is 0 Å². The summed E-state index contributed by atoms with van der Waals surface area (Å²) in [6, 6.07) is 28.5. The number of rotatable bonds is 8. The summed E-state index contributed by atoms with van der Waals surface area (Å²) in [5, 5.41) is 3.78. The van der Waals surface area contributed by atoms with Gasteiger partial charge >= 0.3 is 0 Å². The molecule has 0 aliphatic carbocycles. The first kappa shape index (κ1) is 28.4. The highest BCUT2D eigenvalue weighted by Crippen LogP contribution is 2.47. The van der Waals surface area contributed by atoms with Crippen molar-refractivity contribution in [3.63, 3.8) is 0 Å². The van der Waals surface area contributed by atoms with E-state index in [1.165, 1.54) is 37.3 Å². The molecule has 3 aromatic rings. The molecule has 0 bridgehead atoms. The molecule has 0 aromatic heterocycles. The third-order valence-corrected chi connectivity index (χ3v) is 12.1. The number of nitrogens with zero attached hydrogens (tertiary/aromatic N) is 2. The lowest BCUT2D eigenvalue weighted by molar-refractivity contribution is 0.634. The molecule has 3 aromatic carbocycles. The molecule has 0 spiro atoms. The lowest BCUT2D eigenvalue weighted by Gasteiger charge is -2.37. The number of allylic oxidation sites excluding steroid dienone is 5. The van der Waals surface area contributed by atoms with Crippen LogP contribution in [0, 0.1) is 0 Å². The molecule has 0 fully saturated rings. The van der Waals surface area contributed by atoms with Crippen LogP contribution in [-0.4, -0.2) is 16.6 Å². The Morgan fingerprint density at radius 1 is 0.775 bits per heavy atom. The van der Waals surface area contributed by atoms with Crippen LogP contribution in [0.1, 0.15) is 58.2 Å². The Morgan fingerprint density at radius 3 is 2.08 bits per heavy atom. The maximum Gasteiger partial charge on any atom is 0.0494 e. The summed E-state index contributed by atoms with van der Waals surface area (Å²) >= 11 is -0.303. The van der Waals surface area contributed by atoms with Crippen molar-refractivity contribution in [2.75, 3.05) is 21.1 Å². The number of likely N-dealkylation sites (N-methyl/N-ethyl adjacent to an activating group) is 1. The molecule has 0 amide bonds. The number of hydrogen-bond donors (Lipinski definition) is 1. The van der Waals surface area contributed by atoms with Crippen LogP contribution < -0.4 is 13.3 Å². The monoisotopic (exact) mass is 643 g/mol. The van der Waals surface area contributed by atoms with Gasteiger partial charge in [0.2, 0.25) is 0 Å². The molecule has 0 saturated carbocycles. The van der Waals surface area contributed by atoms with Gasteiger partial charge in [-0.15, -0.1) is 0 Å². The molecule has 208 valence electrons. The van der Waals surface area contributed by atoms with Gasteiger partial charge in [0.1, 0.15) is 0 Å². The summed E-state index contributed by atoms with van der Waals surface area (Å²) in [6.45, 7) is 16.8. The van der Waals surface area contributed by atoms with Crippen LogP contribution >= 0.6 is 21.0 Å². The predicted octanol–water partition coefficient (Wildman–Crippen LogP) is 8.79. The van der Waals surface area contributed by atoms with E-state index in [1.54, 1.807) is 0 Å². The Morgan fingerprint density at radius 2 is 1.40 bits per heavy atom. The second-order valence-electron chi connectivity index (χ2n) is 11.5. The highest BCUT2D eigenvalue weighted by atomic mass is 127. The molecule has 1 N–H and O–H groups in total. The van der Waals surface area contributed by atoms with Crippen LogP contribution in [0.5, 0.6) is 0 Å². The van der Waals surface area contributed by atoms with Gasteiger partial charge in [-0.25, -0.2) is 0 Å². The lowest BCUT2D eigenvalue weighted by Crippen LogP contribution is -2.34. The Balaban J connectivity index is 1.51. The van der Waals surface area contributed by atoms with E-state index < -0.39 is 0 Å². The Bertz CT molecular complexity index is 1480. The van der Waals surface area contributed by atoms with E-state index in [-0.39, 0.29) is 31.8 Å². The number of fused-ring (bicyclic) bond motifs is 2. The number of nitrogens with one attached hydrogen (secondary N) is 1. The van der Waals surface area contributed by atoms with E-state index in [0.29, 0.717) is 0 Å². The average Bonchev–Trinajstić information content (AvgIpc) is 3.19. The Hall–Kier alpha value is -3.12. The van der Waals surface area contributed by atoms with E-state index in [9.17, 15) is 0 Å². The smallest absolute Gasteiger partial charge is 0.0494 e. The standard InChI is InChI=1S/C36H42IN3/c1-7-39-31-22-14-12-20-29(31)36(5,6)34(39)24-16-19-28(38-26-27-17-10-9-11-18-27)25-33-35(3,4)30-21-13-15-23-32(30)40(8-2)37-33/h9-25,38H,7-8,26H2,1-6H3/b19-16+,28-25-,34-24+. The van der Waals surface area contributed by atoms with Gasteiger partial charge in [-0.2, -0.15) is 0 Å². The predicted molar refractivity (Wildman–Crippen MR) is 183 cm³/mol. The molecule has 0 saturated heterocycles. The van der Waals surface area contributed by atoms with Crippen LogP contribution in [-0.2, 0) is 17.4 Å². The number of anilines is 2. The topological polar surface area (TPSA) is 18.5 Å². The number of hydrogen-bond acceptors (Lipinski definition) is 3. The highest BCUT2D eigenvalue weighted by Gasteiger charge is 2.38. The molecule has 5 rings (SSSR count). The largest absolute Gasteiger partial charge is 0.381 e. The summed E-state index contributed by atoms with van der Waals surface area (Å²) in [5.74, 6) is 0. The van der Waals surface area contributed by atoms with Crippen LogP contribution in [0.3, 0.4) is 0 Å². The van der Waals surface area contributed by atoms with E-state index in [0.717, 1.165) is 25.3 Å². The first-order valence-electron chi connectivity index (χ1n) is 14.4. The zero-order chi connectivity index (χ0) is 28.3. The number of para-hydroxylation sites is 2. The van der Waals surface area contributed by atoms with Gasteiger partial charge in [-0.1, -0.05) is 101 Å². The quantitative estimate of drug-likeness (QED) is 0.150. The van der Waals surface area contributed by atoms with E-state index in [4.69, 9.17) is 0 Å². The molecule has 0 unspecified atom stereocenters. The summed E-state index contributed by atoms with van der Waals surface area (Å²) in [7, 11) is 0. The minimum absolute atomic E-state index is 0.00434. The van der Waals surface area contributed by atoms with Crippen molar-refractivity contribution >= 4 is 35.9 Å². The van der Waals surface area contributed by atoms with Crippen LogP contribution in [0.4, 0.5) is 11.4 Å². The average molecular weight is 644 g/mol. The molecule has 0 atom stereocenters. The number of benzene rings is 3. The van der Waals surface area contributed by atoms with Gasteiger partial charge < -0.3 is 13.3 Å². The van der Waals surface area contributed by atoms with Gasteiger partial charge in [0.15, 0.2) is 0 Å². The second-order valence-corrected chi connectivity index (χ2v) is 14.3. The Labute approximate surface area is 251 Å². The first-order chi connectivity index (χ1) is 19.3. The lowest BCUT2D eigenvalue weighted by atomic mass is 9.80. The van der Waals surface area contributed by atoms with Crippen molar-refractivity contribution in [2.45, 2.75) is 58.9 Å². The van der Waals surface area contributed by atoms with Crippen LogP contribution in [0.25, 0.3) is 0 Å². The van der Waals surface area contributed by atoms with E-state index in [2.05, 4.69) is 158 Å². The molecular weight excluding hydrogens is 601 g/mol. The second kappa shape index (κ2) is 11.8. The molecule has 0 radical (unpaired) electrons. The Kier molecular flexibility index (Phi) is 8.37. The van der Waals surface area contributed by atoms with Crippen molar-refractivity contribution in [1.29, 1.82) is 0 Å². The highest BCUT2D eigenvalue weighted by molar-refractivity contribution is 14.2. The molecule has 3 nitrogen and oxygen atoms in total. The SMILES string of the molecule is CCN1I=C(/C=C(/C=C/C=C2/N(CC)c3ccccc3C2(C)C)NCc2ccccc2)C(C)(C)c2ccccc21. The molecule has 4 heteroatoms. The van der Waals surface area contributed by atoms with Gasteiger partial charge in [-0.05, 0) is 60.9 Å².